The van der Waals surface area contributed by atoms with Crippen molar-refractivity contribution in [1.29, 1.82) is 5.26 Å². The number of nitriles is 1. The number of fused-ring (bicyclic) bond motifs is 2. The normalized spacial score (nSPS) is 11.0. The Morgan fingerprint density at radius 3 is 1.67 bits per heavy atom. The lowest BCUT2D eigenvalue weighted by Gasteiger charge is -2.16. The average molecular weight is 587 g/mol. The quantitative estimate of drug-likeness (QED) is 0.201. The molecular formula is C42H26N4. The molecule has 0 radical (unpaired) electrons. The van der Waals surface area contributed by atoms with Gasteiger partial charge in [-0.1, -0.05) is 121 Å². The highest BCUT2D eigenvalue weighted by Gasteiger charge is 2.19. The lowest BCUT2D eigenvalue weighted by molar-refractivity contribution is 1.29. The zero-order valence-electron chi connectivity index (χ0n) is 24.8. The smallest absolute Gasteiger partial charge is 0.0991 e. The van der Waals surface area contributed by atoms with Gasteiger partial charge < -0.3 is 0 Å². The van der Waals surface area contributed by atoms with Gasteiger partial charge in [-0.15, -0.1) is 0 Å². The SMILES string of the molecule is N#Cc1cccc(-c2nc3ccccc3nc2-c2ccc(-c3cc(-c4ccccc4)cc(-c4ccccc4)n3)c3ccccc23)c1. The van der Waals surface area contributed by atoms with E-state index < -0.39 is 0 Å². The summed E-state index contributed by atoms with van der Waals surface area (Å²) in [5.41, 5.74) is 11.7. The fourth-order valence-electron chi connectivity index (χ4n) is 6.08. The van der Waals surface area contributed by atoms with E-state index in [9.17, 15) is 5.26 Å². The Morgan fingerprint density at radius 1 is 0.391 bits per heavy atom. The molecule has 0 atom stereocenters. The van der Waals surface area contributed by atoms with Crippen molar-refractivity contribution in [3.8, 4) is 62.2 Å². The number of nitrogens with zero attached hydrogens (tertiary/aromatic N) is 4. The number of aromatic nitrogens is 3. The molecule has 0 N–H and O–H groups in total. The first-order valence-electron chi connectivity index (χ1n) is 15.2. The summed E-state index contributed by atoms with van der Waals surface area (Å²) in [5, 5.41) is 11.8. The molecule has 0 amide bonds. The van der Waals surface area contributed by atoms with Crippen LogP contribution >= 0.6 is 0 Å². The zero-order chi connectivity index (χ0) is 30.9. The first-order valence-corrected chi connectivity index (χ1v) is 15.2. The maximum absolute atomic E-state index is 9.64. The highest BCUT2D eigenvalue weighted by Crippen LogP contribution is 2.40. The van der Waals surface area contributed by atoms with Gasteiger partial charge in [0, 0.05) is 22.3 Å². The number of rotatable bonds is 5. The summed E-state index contributed by atoms with van der Waals surface area (Å²) in [6, 6.07) is 55.5. The van der Waals surface area contributed by atoms with Gasteiger partial charge in [-0.2, -0.15) is 5.26 Å². The fourth-order valence-corrected chi connectivity index (χ4v) is 6.08. The molecule has 2 aromatic heterocycles. The van der Waals surface area contributed by atoms with Crippen LogP contribution in [0.15, 0.2) is 158 Å². The average Bonchev–Trinajstić information content (AvgIpc) is 3.14. The largest absolute Gasteiger partial charge is 0.248 e. The van der Waals surface area contributed by atoms with Crippen molar-refractivity contribution in [2.75, 3.05) is 0 Å². The van der Waals surface area contributed by atoms with Gasteiger partial charge in [0.25, 0.3) is 0 Å². The summed E-state index contributed by atoms with van der Waals surface area (Å²) >= 11 is 0. The van der Waals surface area contributed by atoms with Crippen LogP contribution in [0.3, 0.4) is 0 Å². The Hall–Kier alpha value is -6.44. The van der Waals surface area contributed by atoms with E-state index in [1.807, 2.05) is 72.8 Å². The second kappa shape index (κ2) is 11.6. The second-order valence-electron chi connectivity index (χ2n) is 11.2. The minimum absolute atomic E-state index is 0.581. The fraction of sp³-hybridized carbons (Fsp3) is 0. The second-order valence-corrected chi connectivity index (χ2v) is 11.2. The maximum atomic E-state index is 9.64. The van der Waals surface area contributed by atoms with Gasteiger partial charge in [0.1, 0.15) is 0 Å². The third-order valence-electron chi connectivity index (χ3n) is 8.29. The molecule has 4 heteroatoms. The van der Waals surface area contributed by atoms with Crippen LogP contribution in [0.5, 0.6) is 0 Å². The standard InChI is InChI=1S/C42H26N4/c43-27-28-12-11-17-31(24-28)41-42(46-38-21-10-9-20-37(38)45-41)36-23-22-35(33-18-7-8-19-34(33)36)40-26-32(29-13-3-1-4-14-29)25-39(44-40)30-15-5-2-6-16-30/h1-26H. The predicted molar refractivity (Wildman–Crippen MR) is 187 cm³/mol. The van der Waals surface area contributed by atoms with Crippen molar-refractivity contribution in [2.24, 2.45) is 0 Å². The number of benzene rings is 6. The van der Waals surface area contributed by atoms with Gasteiger partial charge in [0.15, 0.2) is 0 Å². The molecule has 8 aromatic rings. The lowest BCUT2D eigenvalue weighted by Crippen LogP contribution is -1.97. The molecule has 8 rings (SSSR count). The third-order valence-corrected chi connectivity index (χ3v) is 8.29. The molecule has 214 valence electrons. The molecule has 0 aliphatic carbocycles. The summed E-state index contributed by atoms with van der Waals surface area (Å²) in [5.74, 6) is 0. The predicted octanol–water partition coefficient (Wildman–Crippen LogP) is 10.4. The Kier molecular flexibility index (Phi) is 6.83. The van der Waals surface area contributed by atoms with Crippen LogP contribution < -0.4 is 0 Å². The first kappa shape index (κ1) is 27.1. The van der Waals surface area contributed by atoms with Crippen molar-refractivity contribution in [2.45, 2.75) is 0 Å². The van der Waals surface area contributed by atoms with E-state index in [-0.39, 0.29) is 0 Å². The Labute approximate surface area is 266 Å². The van der Waals surface area contributed by atoms with Crippen LogP contribution in [0.2, 0.25) is 0 Å². The van der Waals surface area contributed by atoms with Crippen LogP contribution in [-0.4, -0.2) is 15.0 Å². The number of hydrogen-bond acceptors (Lipinski definition) is 4. The summed E-state index contributed by atoms with van der Waals surface area (Å²) in [4.78, 5) is 15.5. The summed E-state index contributed by atoms with van der Waals surface area (Å²) in [6.07, 6.45) is 0. The number of pyridine rings is 1. The summed E-state index contributed by atoms with van der Waals surface area (Å²) in [6.45, 7) is 0. The van der Waals surface area contributed by atoms with E-state index in [1.54, 1.807) is 0 Å². The molecule has 4 nitrogen and oxygen atoms in total. The summed E-state index contributed by atoms with van der Waals surface area (Å²) in [7, 11) is 0. The van der Waals surface area contributed by atoms with Crippen molar-refractivity contribution in [3.63, 3.8) is 0 Å². The maximum Gasteiger partial charge on any atom is 0.0991 e. The van der Waals surface area contributed by atoms with Crippen LogP contribution in [0, 0.1) is 11.3 Å². The number of para-hydroxylation sites is 2. The van der Waals surface area contributed by atoms with E-state index in [0.29, 0.717) is 5.56 Å². The highest BCUT2D eigenvalue weighted by atomic mass is 14.8. The molecular weight excluding hydrogens is 560 g/mol. The third kappa shape index (κ3) is 4.96. The zero-order valence-corrected chi connectivity index (χ0v) is 24.8. The van der Waals surface area contributed by atoms with Crippen molar-refractivity contribution >= 4 is 21.8 Å². The van der Waals surface area contributed by atoms with Crippen molar-refractivity contribution in [3.05, 3.63) is 163 Å². The molecule has 0 spiro atoms. The van der Waals surface area contributed by atoms with E-state index >= 15 is 0 Å². The van der Waals surface area contributed by atoms with Gasteiger partial charge in [-0.3, -0.25) is 0 Å². The first-order chi connectivity index (χ1) is 22.7. The molecule has 0 bridgehead atoms. The molecule has 0 aliphatic heterocycles. The minimum atomic E-state index is 0.581. The van der Waals surface area contributed by atoms with Gasteiger partial charge in [-0.25, -0.2) is 15.0 Å². The van der Waals surface area contributed by atoms with E-state index in [2.05, 4.69) is 91.0 Å². The molecule has 6 aromatic carbocycles. The van der Waals surface area contributed by atoms with E-state index in [0.717, 1.165) is 78.0 Å². The molecule has 0 unspecified atom stereocenters. The van der Waals surface area contributed by atoms with E-state index in [4.69, 9.17) is 15.0 Å². The van der Waals surface area contributed by atoms with Gasteiger partial charge in [0.05, 0.1) is 45.4 Å². The molecule has 0 saturated heterocycles. The summed E-state index contributed by atoms with van der Waals surface area (Å²) < 4.78 is 0. The highest BCUT2D eigenvalue weighted by molar-refractivity contribution is 6.06. The topological polar surface area (TPSA) is 62.5 Å². The minimum Gasteiger partial charge on any atom is -0.248 e. The van der Waals surface area contributed by atoms with Gasteiger partial charge in [-0.05, 0) is 58.3 Å². The molecule has 0 aliphatic rings. The molecule has 2 heterocycles. The molecule has 0 saturated carbocycles. The van der Waals surface area contributed by atoms with Gasteiger partial charge >= 0.3 is 0 Å². The van der Waals surface area contributed by atoms with Crippen LogP contribution in [0.25, 0.3) is 78.0 Å². The van der Waals surface area contributed by atoms with Crippen molar-refractivity contribution < 1.29 is 0 Å². The van der Waals surface area contributed by atoms with Crippen LogP contribution in [0.1, 0.15) is 5.56 Å². The van der Waals surface area contributed by atoms with Crippen molar-refractivity contribution in [1.82, 2.24) is 15.0 Å². The van der Waals surface area contributed by atoms with Crippen LogP contribution in [0.4, 0.5) is 0 Å². The van der Waals surface area contributed by atoms with E-state index in [1.165, 1.54) is 0 Å². The monoisotopic (exact) mass is 586 g/mol. The number of hydrogen-bond donors (Lipinski definition) is 0. The Morgan fingerprint density at radius 2 is 0.957 bits per heavy atom. The molecule has 46 heavy (non-hydrogen) atoms. The van der Waals surface area contributed by atoms with Crippen LogP contribution in [-0.2, 0) is 0 Å². The lowest BCUT2D eigenvalue weighted by atomic mass is 9.92. The Balaban J connectivity index is 1.37. The molecule has 0 fully saturated rings. The Bertz CT molecular complexity index is 2370. The van der Waals surface area contributed by atoms with Gasteiger partial charge in [0.2, 0.25) is 0 Å².